The first kappa shape index (κ1) is 16.6. The van der Waals surface area contributed by atoms with Crippen molar-refractivity contribution in [3.63, 3.8) is 0 Å². The number of hydrogen-bond acceptors (Lipinski definition) is 7. The third-order valence-electron chi connectivity index (χ3n) is 2.86. The molecule has 2 heterocycles. The van der Waals surface area contributed by atoms with Crippen molar-refractivity contribution < 1.29 is 27.2 Å². The predicted molar refractivity (Wildman–Crippen MR) is 81.0 cm³/mol. The van der Waals surface area contributed by atoms with E-state index < -0.39 is 10.1 Å². The summed E-state index contributed by atoms with van der Waals surface area (Å²) in [5, 5.41) is 3.67. The first-order valence-electron chi connectivity index (χ1n) is 6.09. The summed E-state index contributed by atoms with van der Waals surface area (Å²) in [6, 6.07) is 5.88. The summed E-state index contributed by atoms with van der Waals surface area (Å²) in [5.41, 5.74) is 0. The summed E-state index contributed by atoms with van der Waals surface area (Å²) in [5.74, 6) is 1.44. The lowest BCUT2D eigenvalue weighted by Gasteiger charge is -2.24. The largest absolute Gasteiger partial charge is 0.488 e. The molecule has 0 saturated carbocycles. The van der Waals surface area contributed by atoms with E-state index >= 15 is 0 Å². The molecule has 2 aromatic rings. The van der Waals surface area contributed by atoms with Crippen molar-refractivity contribution in [2.45, 2.75) is 11.0 Å². The Morgan fingerprint density at radius 3 is 2.77 bits per heavy atom. The van der Waals surface area contributed by atoms with E-state index in [1.807, 2.05) is 10.8 Å². The molecule has 1 atom stereocenters. The van der Waals surface area contributed by atoms with Gasteiger partial charge in [0.2, 0.25) is 0 Å². The van der Waals surface area contributed by atoms with E-state index in [-0.39, 0.29) is 29.5 Å². The highest BCUT2D eigenvalue weighted by molar-refractivity contribution is 7.86. The lowest BCUT2D eigenvalue weighted by Crippen LogP contribution is -2.34. The van der Waals surface area contributed by atoms with E-state index in [1.54, 1.807) is 6.07 Å². The quantitative estimate of drug-likeness (QED) is 0.817. The number of thiophene rings is 1. The zero-order chi connectivity index (χ0) is 14.9. The first-order chi connectivity index (χ1) is 10.0. The zero-order valence-corrected chi connectivity index (χ0v) is 13.1. The summed E-state index contributed by atoms with van der Waals surface area (Å²) in [7, 11) is -4.32. The third kappa shape index (κ3) is 3.50. The minimum absolute atomic E-state index is 0. The SMILES string of the molecule is N.O=S(=O)(O)c1ccccc1OCC1COc2cscc2O1. The van der Waals surface area contributed by atoms with E-state index in [1.165, 1.54) is 29.5 Å². The average Bonchev–Trinajstić information content (AvgIpc) is 2.92. The van der Waals surface area contributed by atoms with E-state index in [0.29, 0.717) is 18.1 Å². The molecule has 120 valence electrons. The smallest absolute Gasteiger partial charge is 0.298 e. The minimum Gasteiger partial charge on any atom is -0.488 e. The van der Waals surface area contributed by atoms with Crippen molar-refractivity contribution in [3.8, 4) is 17.2 Å². The summed E-state index contributed by atoms with van der Waals surface area (Å²) in [6.45, 7) is 0.430. The number of para-hydroxylation sites is 1. The summed E-state index contributed by atoms with van der Waals surface area (Å²) >= 11 is 1.47. The highest BCUT2D eigenvalue weighted by atomic mass is 32.2. The van der Waals surface area contributed by atoms with Crippen LogP contribution in [0.5, 0.6) is 17.2 Å². The molecule has 0 saturated heterocycles. The van der Waals surface area contributed by atoms with Gasteiger partial charge in [-0.25, -0.2) is 0 Å². The van der Waals surface area contributed by atoms with Gasteiger partial charge in [0, 0.05) is 10.8 Å². The van der Waals surface area contributed by atoms with Crippen LogP contribution in [0.15, 0.2) is 39.9 Å². The molecule has 0 bridgehead atoms. The van der Waals surface area contributed by atoms with Gasteiger partial charge in [0.25, 0.3) is 10.1 Å². The summed E-state index contributed by atoms with van der Waals surface area (Å²) < 4.78 is 48.3. The number of fused-ring (bicyclic) bond motifs is 1. The molecule has 3 rings (SSSR count). The molecule has 0 aliphatic carbocycles. The zero-order valence-electron chi connectivity index (χ0n) is 11.5. The Kier molecular flexibility index (Phi) is 4.91. The van der Waals surface area contributed by atoms with Crippen molar-refractivity contribution in [3.05, 3.63) is 35.0 Å². The van der Waals surface area contributed by atoms with Gasteiger partial charge < -0.3 is 20.4 Å². The van der Waals surface area contributed by atoms with Gasteiger partial charge in [-0.1, -0.05) is 12.1 Å². The molecular formula is C13H15NO6S2. The fourth-order valence-corrected chi connectivity index (χ4v) is 3.21. The maximum atomic E-state index is 11.3. The van der Waals surface area contributed by atoms with Crippen LogP contribution in [0, 0.1) is 0 Å². The number of benzene rings is 1. The van der Waals surface area contributed by atoms with Crippen molar-refractivity contribution >= 4 is 21.5 Å². The molecule has 0 spiro atoms. The number of ether oxygens (including phenoxy) is 3. The number of rotatable bonds is 4. The Balaban J connectivity index is 0.00000176. The van der Waals surface area contributed by atoms with Gasteiger partial charge in [0.1, 0.15) is 23.9 Å². The van der Waals surface area contributed by atoms with Crippen LogP contribution < -0.4 is 20.4 Å². The lowest BCUT2D eigenvalue weighted by atomic mass is 10.3. The molecule has 7 nitrogen and oxygen atoms in total. The molecule has 1 aromatic carbocycles. The third-order valence-corrected chi connectivity index (χ3v) is 4.46. The topological polar surface area (TPSA) is 117 Å². The second-order valence-electron chi connectivity index (χ2n) is 4.38. The van der Waals surface area contributed by atoms with Crippen LogP contribution >= 0.6 is 11.3 Å². The molecule has 4 N–H and O–H groups in total. The Hall–Kier alpha value is -1.81. The molecule has 0 fully saturated rings. The van der Waals surface area contributed by atoms with E-state index in [0.717, 1.165) is 0 Å². The van der Waals surface area contributed by atoms with Crippen molar-refractivity contribution in [2.24, 2.45) is 0 Å². The van der Waals surface area contributed by atoms with Crippen LogP contribution in [-0.4, -0.2) is 32.3 Å². The summed E-state index contributed by atoms with van der Waals surface area (Å²) in [4.78, 5) is -0.266. The van der Waals surface area contributed by atoms with Crippen LogP contribution in [-0.2, 0) is 10.1 Å². The van der Waals surface area contributed by atoms with E-state index in [4.69, 9.17) is 18.8 Å². The van der Waals surface area contributed by atoms with E-state index in [2.05, 4.69) is 0 Å². The first-order valence-corrected chi connectivity index (χ1v) is 8.47. The average molecular weight is 345 g/mol. The van der Waals surface area contributed by atoms with Crippen LogP contribution in [0.2, 0.25) is 0 Å². The summed E-state index contributed by atoms with van der Waals surface area (Å²) in [6.07, 6.45) is -0.346. The van der Waals surface area contributed by atoms with Gasteiger partial charge in [-0.15, -0.1) is 11.3 Å². The Bertz CT molecular complexity index is 742. The number of hydrogen-bond donors (Lipinski definition) is 2. The Morgan fingerprint density at radius 2 is 2.00 bits per heavy atom. The second-order valence-corrected chi connectivity index (χ2v) is 6.52. The van der Waals surface area contributed by atoms with Gasteiger partial charge >= 0.3 is 0 Å². The highest BCUT2D eigenvalue weighted by Crippen LogP contribution is 2.35. The van der Waals surface area contributed by atoms with E-state index in [9.17, 15) is 8.42 Å². The maximum Gasteiger partial charge on any atom is 0.298 e. The molecule has 9 heteroatoms. The maximum absolute atomic E-state index is 11.3. The normalized spacial score (nSPS) is 16.7. The molecule has 1 aliphatic rings. The van der Waals surface area contributed by atoms with Gasteiger partial charge in [-0.2, -0.15) is 8.42 Å². The van der Waals surface area contributed by atoms with Gasteiger partial charge in [0.15, 0.2) is 17.6 Å². The fourth-order valence-electron chi connectivity index (χ4n) is 1.91. The molecule has 1 unspecified atom stereocenters. The molecule has 0 radical (unpaired) electrons. The Morgan fingerprint density at radius 1 is 1.27 bits per heavy atom. The van der Waals surface area contributed by atoms with Gasteiger partial charge in [0.05, 0.1) is 0 Å². The second kappa shape index (κ2) is 6.53. The molecule has 1 aliphatic heterocycles. The monoisotopic (exact) mass is 345 g/mol. The van der Waals surface area contributed by atoms with Crippen LogP contribution in [0.1, 0.15) is 0 Å². The van der Waals surface area contributed by atoms with Crippen LogP contribution in [0.4, 0.5) is 0 Å². The molecular weight excluding hydrogens is 330 g/mol. The standard InChI is InChI=1S/C13H12O6S2.H3N/c14-21(15,16)13-4-2-1-3-10(13)17-5-9-6-18-11-7-20-8-12(11)19-9;/h1-4,7-9H,5-6H2,(H,14,15,16);1H3. The van der Waals surface area contributed by atoms with Crippen molar-refractivity contribution in [2.75, 3.05) is 13.2 Å². The van der Waals surface area contributed by atoms with Crippen LogP contribution in [0.25, 0.3) is 0 Å². The van der Waals surface area contributed by atoms with Crippen molar-refractivity contribution in [1.82, 2.24) is 6.15 Å². The minimum atomic E-state index is -4.32. The Labute approximate surface area is 131 Å². The molecule has 0 amide bonds. The van der Waals surface area contributed by atoms with Crippen molar-refractivity contribution in [1.29, 1.82) is 0 Å². The lowest BCUT2D eigenvalue weighted by molar-refractivity contribution is 0.0537. The molecule has 1 aromatic heterocycles. The predicted octanol–water partition coefficient (Wildman–Crippen LogP) is 2.38. The molecule has 22 heavy (non-hydrogen) atoms. The highest BCUT2D eigenvalue weighted by Gasteiger charge is 2.23. The fraction of sp³-hybridized carbons (Fsp3) is 0.231. The van der Waals surface area contributed by atoms with Gasteiger partial charge in [-0.05, 0) is 12.1 Å². The van der Waals surface area contributed by atoms with Gasteiger partial charge in [-0.3, -0.25) is 4.55 Å². The van der Waals surface area contributed by atoms with Crippen LogP contribution in [0.3, 0.4) is 0 Å².